The molecule has 3 rings (SSSR count). The predicted octanol–water partition coefficient (Wildman–Crippen LogP) is 3.53. The van der Waals surface area contributed by atoms with Gasteiger partial charge < -0.3 is 14.0 Å². The Bertz CT molecular complexity index is 1030. The second kappa shape index (κ2) is 8.87. The molecule has 0 atom stereocenters. The number of rotatable bonds is 8. The highest BCUT2D eigenvalue weighted by Gasteiger charge is 2.16. The third kappa shape index (κ3) is 4.38. The van der Waals surface area contributed by atoms with Gasteiger partial charge in [-0.25, -0.2) is 0 Å². The molecule has 0 unspecified atom stereocenters. The van der Waals surface area contributed by atoms with Crippen molar-refractivity contribution in [1.29, 1.82) is 5.26 Å². The first kappa shape index (κ1) is 19.2. The van der Waals surface area contributed by atoms with Crippen LogP contribution in [0.15, 0.2) is 54.7 Å². The molecule has 1 heterocycles. The van der Waals surface area contributed by atoms with E-state index in [0.29, 0.717) is 24.3 Å². The molecular formula is C22H20N2O4. The average molecular weight is 376 g/mol. The lowest BCUT2D eigenvalue weighted by molar-refractivity contribution is -0.141. The lowest BCUT2D eigenvalue weighted by Gasteiger charge is -2.05. The van der Waals surface area contributed by atoms with Gasteiger partial charge in [0.15, 0.2) is 6.61 Å². The summed E-state index contributed by atoms with van der Waals surface area (Å²) in [7, 11) is 1.58. The number of aryl methyl sites for hydroxylation is 1. The van der Waals surface area contributed by atoms with Gasteiger partial charge in [0.1, 0.15) is 5.75 Å². The molecule has 6 nitrogen and oxygen atoms in total. The van der Waals surface area contributed by atoms with E-state index in [2.05, 4.69) is 6.07 Å². The molecule has 3 aromatic rings. The van der Waals surface area contributed by atoms with Crippen LogP contribution >= 0.6 is 0 Å². The van der Waals surface area contributed by atoms with Crippen LogP contribution in [-0.4, -0.2) is 30.0 Å². The van der Waals surface area contributed by atoms with Crippen molar-refractivity contribution < 1.29 is 19.1 Å². The number of hydrogen-bond acceptors (Lipinski definition) is 5. The summed E-state index contributed by atoms with van der Waals surface area (Å²) in [5.41, 5.74) is 2.16. The highest BCUT2D eigenvalue weighted by atomic mass is 16.5. The van der Waals surface area contributed by atoms with E-state index in [9.17, 15) is 9.59 Å². The first-order chi connectivity index (χ1) is 13.6. The van der Waals surface area contributed by atoms with E-state index >= 15 is 0 Å². The van der Waals surface area contributed by atoms with Crippen LogP contribution in [-0.2, 0) is 22.5 Å². The number of methoxy groups -OCH3 is 1. The molecule has 0 fully saturated rings. The molecular weight excluding hydrogens is 356 g/mol. The van der Waals surface area contributed by atoms with Crippen molar-refractivity contribution in [3.63, 3.8) is 0 Å². The molecule has 0 aliphatic carbocycles. The van der Waals surface area contributed by atoms with Crippen LogP contribution < -0.4 is 4.74 Å². The average Bonchev–Trinajstić information content (AvgIpc) is 3.10. The maximum Gasteiger partial charge on any atom is 0.310 e. The fourth-order valence-electron chi connectivity index (χ4n) is 3.01. The van der Waals surface area contributed by atoms with Crippen LogP contribution in [0.4, 0.5) is 0 Å². The Morgan fingerprint density at radius 2 is 1.86 bits per heavy atom. The van der Waals surface area contributed by atoms with E-state index in [4.69, 9.17) is 14.7 Å². The maximum atomic E-state index is 12.6. The van der Waals surface area contributed by atoms with Gasteiger partial charge in [-0.05, 0) is 23.8 Å². The number of carbonyl (C=O) groups excluding carboxylic acids is 2. The molecule has 1 aromatic heterocycles. The smallest absolute Gasteiger partial charge is 0.310 e. The molecule has 0 saturated carbocycles. The highest BCUT2D eigenvalue weighted by molar-refractivity contribution is 6.09. The van der Waals surface area contributed by atoms with Crippen LogP contribution in [0.5, 0.6) is 5.75 Å². The van der Waals surface area contributed by atoms with E-state index in [1.165, 1.54) is 0 Å². The van der Waals surface area contributed by atoms with Crippen LogP contribution in [0.3, 0.4) is 0 Å². The molecule has 0 saturated heterocycles. The summed E-state index contributed by atoms with van der Waals surface area (Å²) >= 11 is 0. The zero-order valence-corrected chi connectivity index (χ0v) is 15.6. The fourth-order valence-corrected chi connectivity index (χ4v) is 3.01. The largest absolute Gasteiger partial charge is 0.497 e. The minimum atomic E-state index is -0.466. The molecule has 0 spiro atoms. The number of carbonyl (C=O) groups is 2. The van der Waals surface area contributed by atoms with Crippen molar-refractivity contribution in [1.82, 2.24) is 4.57 Å². The normalized spacial score (nSPS) is 10.4. The lowest BCUT2D eigenvalue weighted by Crippen LogP contribution is -2.15. The zero-order chi connectivity index (χ0) is 19.9. The van der Waals surface area contributed by atoms with E-state index in [0.717, 1.165) is 16.5 Å². The van der Waals surface area contributed by atoms with Crippen LogP contribution in [0.1, 0.15) is 22.3 Å². The number of para-hydroxylation sites is 1. The number of hydrogen-bond donors (Lipinski definition) is 0. The molecule has 142 valence electrons. The van der Waals surface area contributed by atoms with Crippen LogP contribution in [0, 0.1) is 11.3 Å². The van der Waals surface area contributed by atoms with Crippen molar-refractivity contribution in [2.75, 3.05) is 13.7 Å². The molecule has 28 heavy (non-hydrogen) atoms. The Balaban J connectivity index is 1.65. The third-order valence-corrected chi connectivity index (χ3v) is 4.43. The van der Waals surface area contributed by atoms with Gasteiger partial charge in [0.25, 0.3) is 0 Å². The number of nitriles is 1. The van der Waals surface area contributed by atoms with Gasteiger partial charge >= 0.3 is 5.97 Å². The second-order valence-electron chi connectivity index (χ2n) is 6.27. The van der Waals surface area contributed by atoms with Crippen molar-refractivity contribution in [3.05, 3.63) is 65.9 Å². The predicted molar refractivity (Wildman–Crippen MR) is 104 cm³/mol. The van der Waals surface area contributed by atoms with E-state index < -0.39 is 5.97 Å². The summed E-state index contributed by atoms with van der Waals surface area (Å²) in [6, 6.07) is 16.7. The number of nitrogens with zero attached hydrogens (tertiary/aromatic N) is 2. The first-order valence-electron chi connectivity index (χ1n) is 8.89. The van der Waals surface area contributed by atoms with Gasteiger partial charge in [0.2, 0.25) is 5.78 Å². The number of aromatic nitrogens is 1. The van der Waals surface area contributed by atoms with Crippen LogP contribution in [0.25, 0.3) is 10.9 Å². The number of ether oxygens (including phenoxy) is 2. The lowest BCUT2D eigenvalue weighted by atomic mass is 10.1. The molecule has 0 amide bonds. The van der Waals surface area contributed by atoms with Gasteiger partial charge in [0.05, 0.1) is 26.0 Å². The summed E-state index contributed by atoms with van der Waals surface area (Å²) in [6.45, 7) is 0.183. The van der Waals surface area contributed by atoms with Crippen molar-refractivity contribution >= 4 is 22.7 Å². The quantitative estimate of drug-likeness (QED) is 0.444. The summed E-state index contributed by atoms with van der Waals surface area (Å²) in [5, 5.41) is 9.61. The summed E-state index contributed by atoms with van der Waals surface area (Å²) in [6.07, 6.45) is 2.16. The molecule has 0 aliphatic rings. The van der Waals surface area contributed by atoms with Crippen molar-refractivity contribution in [2.45, 2.75) is 19.4 Å². The molecule has 0 radical (unpaired) electrons. The maximum absolute atomic E-state index is 12.6. The van der Waals surface area contributed by atoms with Crippen LogP contribution in [0.2, 0.25) is 0 Å². The van der Waals surface area contributed by atoms with Gasteiger partial charge in [-0.3, -0.25) is 9.59 Å². The fraction of sp³-hybridized carbons (Fsp3) is 0.227. The van der Waals surface area contributed by atoms with Gasteiger partial charge in [-0.15, -0.1) is 0 Å². The van der Waals surface area contributed by atoms with Gasteiger partial charge in [0, 0.05) is 29.2 Å². The van der Waals surface area contributed by atoms with E-state index in [1.807, 2.05) is 28.8 Å². The van der Waals surface area contributed by atoms with Gasteiger partial charge in [-0.1, -0.05) is 30.3 Å². The topological polar surface area (TPSA) is 81.3 Å². The Kier molecular flexibility index (Phi) is 6.07. The molecule has 2 aromatic carbocycles. The Hall–Kier alpha value is -3.59. The molecule has 0 N–H and O–H groups in total. The van der Waals surface area contributed by atoms with Crippen molar-refractivity contribution in [3.8, 4) is 11.8 Å². The molecule has 0 bridgehead atoms. The molecule has 6 heteroatoms. The number of benzene rings is 2. The summed E-state index contributed by atoms with van der Waals surface area (Å²) in [4.78, 5) is 24.7. The summed E-state index contributed by atoms with van der Waals surface area (Å²) < 4.78 is 12.1. The number of ketones is 1. The van der Waals surface area contributed by atoms with Gasteiger partial charge in [-0.2, -0.15) is 5.26 Å². The second-order valence-corrected chi connectivity index (χ2v) is 6.27. The highest BCUT2D eigenvalue weighted by Crippen LogP contribution is 2.22. The standard InChI is InChI=1S/C22H20N2O4/c1-27-17-9-7-16(8-10-17)13-22(26)28-15-21(25)19-14-24(12-4-11-23)20-6-3-2-5-18(19)20/h2-3,5-10,14H,4,12-13,15H2,1H3. The number of Topliss-reactive ketones (excluding diaryl/α,β-unsaturated/α-hetero) is 1. The van der Waals surface area contributed by atoms with E-state index in [1.54, 1.807) is 37.6 Å². The summed E-state index contributed by atoms with van der Waals surface area (Å²) in [5.74, 6) is -0.0261. The SMILES string of the molecule is COc1ccc(CC(=O)OCC(=O)c2cn(CCC#N)c3ccccc23)cc1. The zero-order valence-electron chi connectivity index (χ0n) is 15.6. The monoisotopic (exact) mass is 376 g/mol. The number of esters is 1. The van der Waals surface area contributed by atoms with Crippen molar-refractivity contribution in [2.24, 2.45) is 0 Å². The van der Waals surface area contributed by atoms with E-state index in [-0.39, 0.29) is 18.8 Å². The third-order valence-electron chi connectivity index (χ3n) is 4.43. The number of fused-ring (bicyclic) bond motifs is 1. The minimum Gasteiger partial charge on any atom is -0.497 e. The Morgan fingerprint density at radius 1 is 1.11 bits per heavy atom. The molecule has 0 aliphatic heterocycles. The first-order valence-corrected chi connectivity index (χ1v) is 8.89. The Labute approximate surface area is 162 Å². The minimum absolute atomic E-state index is 0.0845. The Morgan fingerprint density at radius 3 is 2.57 bits per heavy atom.